The predicted octanol–water partition coefficient (Wildman–Crippen LogP) is 3.51. The first-order valence-electron chi connectivity index (χ1n) is 36.0. The summed E-state index contributed by atoms with van der Waals surface area (Å²) in [5.74, 6) is -9.59. The molecule has 2 rings (SSSR count). The van der Waals surface area contributed by atoms with Gasteiger partial charge >= 0.3 is 0 Å². The maximum atomic E-state index is 15.5. The third-order valence-electron chi connectivity index (χ3n) is 19.3. The van der Waals surface area contributed by atoms with E-state index in [1.807, 2.05) is 47.6 Å². The van der Waals surface area contributed by atoms with Gasteiger partial charge < -0.3 is 75.6 Å². The highest BCUT2D eigenvalue weighted by Gasteiger charge is 2.47. The molecule has 0 aromatic carbocycles. The van der Waals surface area contributed by atoms with Gasteiger partial charge in [-0.1, -0.05) is 102 Å². The van der Waals surface area contributed by atoms with E-state index in [1.54, 1.807) is 54.5 Å². The van der Waals surface area contributed by atoms with Crippen LogP contribution in [0.15, 0.2) is 12.2 Å². The van der Waals surface area contributed by atoms with Crippen LogP contribution in [0.3, 0.4) is 0 Å². The number of amides is 11. The number of nitrogens with zero attached hydrogens (tertiary/aromatic N) is 9. The smallest absolute Gasteiger partial charge is 0.246 e. The fourth-order valence-corrected chi connectivity index (χ4v) is 14.0. The molecule has 0 spiro atoms. The zero-order valence-electron chi connectivity index (χ0n) is 65.0. The Labute approximate surface area is 597 Å². The molecule has 6 N–H and O–H groups in total. The lowest BCUT2D eigenvalue weighted by molar-refractivity contribution is -0.157. The molecule has 99 heavy (non-hydrogen) atoms. The van der Waals surface area contributed by atoms with Gasteiger partial charge in [-0.2, -0.15) is 11.8 Å². The van der Waals surface area contributed by atoms with E-state index in [2.05, 4.69) is 38.0 Å². The van der Waals surface area contributed by atoms with Crippen molar-refractivity contribution in [3.63, 3.8) is 0 Å². The number of nitrogens with one attached hydrogen (secondary N) is 4. The van der Waals surface area contributed by atoms with E-state index >= 15 is 33.6 Å². The maximum Gasteiger partial charge on any atom is 0.246 e. The molecule has 0 aromatic heterocycles. The Morgan fingerprint density at radius 1 is 0.505 bits per heavy atom. The summed E-state index contributed by atoms with van der Waals surface area (Å²) in [6.07, 6.45) is 3.14. The molecule has 2 aliphatic heterocycles. The topological polar surface area (TPSA) is 306 Å². The van der Waals surface area contributed by atoms with Crippen LogP contribution >= 0.6 is 11.8 Å². The molecule has 2 heterocycles. The number of carbonyl (C=O) groups is 11. The minimum atomic E-state index is -1.66. The second kappa shape index (κ2) is 41.3. The van der Waals surface area contributed by atoms with Gasteiger partial charge in [0.25, 0.3) is 0 Å². The van der Waals surface area contributed by atoms with Crippen molar-refractivity contribution in [3.05, 3.63) is 12.2 Å². The van der Waals surface area contributed by atoms with Gasteiger partial charge in [-0.15, -0.1) is 0 Å². The number of thioether (sulfide) groups is 1. The first-order valence-corrected chi connectivity index (χ1v) is 37.2. The van der Waals surface area contributed by atoms with Gasteiger partial charge in [-0.25, -0.2) is 0 Å². The molecule has 11 amide bonds. The lowest BCUT2D eigenvalue weighted by atomic mass is 9.91. The van der Waals surface area contributed by atoms with Crippen LogP contribution in [0.1, 0.15) is 170 Å². The monoisotopic (exact) mass is 1420 g/mol. The average Bonchev–Trinajstić information content (AvgIpc) is 0.808. The van der Waals surface area contributed by atoms with Crippen LogP contribution in [0.2, 0.25) is 0 Å². The summed E-state index contributed by atoms with van der Waals surface area (Å²) in [6.45, 7) is 36.7. The number of hydrogen-bond acceptors (Lipinski definition) is 16. The SMILES string of the molecule is C/C=C/C[C@@H](C)[C@@H](O)[C@H]1C(=O)N[C@@H](CC)C(=O)N(C)[C@H](CSCCCN2CCN(CC)CC2)C(=O)N(C)[C@@H](CC(C)(C)O)C(=O)N[C@@H](C(C)C)C(=O)N(C)[C@@H](CC(C)C)C(=O)N[C@@H](C)C(=O)N[C@H](C)C(=O)N(C)[C@@H](CC(C)C)C(=O)N(C)[C@@H](CC(C)C)C(=O)N(C)[C@@H](C(C)C)C(=O)N1C. The third-order valence-corrected chi connectivity index (χ3v) is 20.5. The molecule has 2 fully saturated rings. The summed E-state index contributed by atoms with van der Waals surface area (Å²) in [5.41, 5.74) is -1.59. The van der Waals surface area contributed by atoms with Crippen molar-refractivity contribution in [1.82, 2.24) is 65.4 Å². The van der Waals surface area contributed by atoms with Gasteiger partial charge in [0.2, 0.25) is 65.0 Å². The van der Waals surface area contributed by atoms with E-state index < -0.39 is 161 Å². The summed E-state index contributed by atoms with van der Waals surface area (Å²) in [6, 6.07) is -14.4. The lowest BCUT2D eigenvalue weighted by Gasteiger charge is -2.41. The fourth-order valence-electron chi connectivity index (χ4n) is 12.9. The van der Waals surface area contributed by atoms with Crippen molar-refractivity contribution in [2.75, 3.05) is 100 Å². The van der Waals surface area contributed by atoms with E-state index in [9.17, 15) is 29.4 Å². The van der Waals surface area contributed by atoms with E-state index in [0.717, 1.165) is 55.5 Å². The van der Waals surface area contributed by atoms with Gasteiger partial charge in [0, 0.05) is 87.7 Å². The Morgan fingerprint density at radius 3 is 1.43 bits per heavy atom. The van der Waals surface area contributed by atoms with Crippen LogP contribution < -0.4 is 21.3 Å². The minimum Gasteiger partial charge on any atom is -0.390 e. The molecule has 0 aromatic rings. The standard InChI is InChI=1S/C72H131N13O13S/c1-26-29-31-48(14)60(86)59-64(90)75-51(27-2)66(92)81(23)56(42-99-37-30-32-85-35-33-84(28-3)34-36-85)69(95)80(22)55(41-72(17,18)98)63(89)76-57(46(10)11)70(96)77(19)52(38-43(4)5)62(88)73-49(15)61(87)74-50(16)65(91)78(20)53(39-44(6)7)67(93)79(21)54(40-45(8)9)68(94)82(24)58(47(12)13)71(97)83(59)25/h26,29,43-60,86,98H,27-28,30-42H2,1-25H3,(H,73,88)(H,74,87)(H,75,90)(H,76,89)/b29-26+/t48-,49+,50-,51+,52+,53+,54+,55+,56-,57+,58+,59+,60-/m1/s1. The zero-order chi connectivity index (χ0) is 76.0. The number of aliphatic hydroxyl groups excluding tert-OH is 1. The zero-order valence-corrected chi connectivity index (χ0v) is 65.8. The summed E-state index contributed by atoms with van der Waals surface area (Å²) >= 11 is 1.43. The number of rotatable bonds is 22. The Balaban J connectivity index is 3.11. The number of hydrogen-bond donors (Lipinski definition) is 6. The Hall–Kier alpha value is -5.90. The van der Waals surface area contributed by atoms with Crippen LogP contribution in [0.4, 0.5) is 0 Å². The molecule has 27 heteroatoms. The highest BCUT2D eigenvalue weighted by Crippen LogP contribution is 2.27. The average molecular weight is 1420 g/mol. The van der Waals surface area contributed by atoms with E-state index in [0.29, 0.717) is 5.75 Å². The van der Waals surface area contributed by atoms with Gasteiger partial charge in [-0.3, -0.25) is 52.7 Å². The van der Waals surface area contributed by atoms with Crippen molar-refractivity contribution in [1.29, 1.82) is 0 Å². The highest BCUT2D eigenvalue weighted by atomic mass is 32.2. The Bertz CT molecular complexity index is 2700. The van der Waals surface area contributed by atoms with Crippen LogP contribution in [-0.4, -0.2) is 298 Å². The van der Waals surface area contributed by atoms with Crippen molar-refractivity contribution in [2.24, 2.45) is 35.5 Å². The van der Waals surface area contributed by atoms with Crippen molar-refractivity contribution in [3.8, 4) is 0 Å². The molecule has 2 aliphatic rings. The number of likely N-dealkylation sites (N-methyl/N-ethyl adjacent to an activating group) is 8. The molecule has 0 radical (unpaired) electrons. The summed E-state index contributed by atoms with van der Waals surface area (Å²) in [5, 5.41) is 35.0. The molecule has 0 bridgehead atoms. The van der Waals surface area contributed by atoms with Gasteiger partial charge in [0.05, 0.1) is 11.7 Å². The summed E-state index contributed by atoms with van der Waals surface area (Å²) in [7, 11) is 9.95. The second-order valence-corrected chi connectivity index (χ2v) is 31.5. The third kappa shape index (κ3) is 26.1. The number of carbonyl (C=O) groups excluding carboxylic acids is 11. The first-order chi connectivity index (χ1) is 45.9. The molecule has 2 saturated heterocycles. The van der Waals surface area contributed by atoms with Crippen molar-refractivity contribution in [2.45, 2.75) is 248 Å². The van der Waals surface area contributed by atoms with Crippen LogP contribution in [0.5, 0.6) is 0 Å². The lowest BCUT2D eigenvalue weighted by Crippen LogP contribution is -2.64. The molecule has 13 atom stereocenters. The Kier molecular flexibility index (Phi) is 37.2. The van der Waals surface area contributed by atoms with Gasteiger partial charge in [0.1, 0.15) is 66.5 Å². The molecule has 0 saturated carbocycles. The number of aliphatic hydroxyl groups is 2. The number of piperazine rings is 1. The van der Waals surface area contributed by atoms with Crippen LogP contribution in [0, 0.1) is 35.5 Å². The normalized spacial score (nSPS) is 27.0. The highest BCUT2D eigenvalue weighted by molar-refractivity contribution is 7.99. The summed E-state index contributed by atoms with van der Waals surface area (Å²) < 4.78 is 0. The molecule has 568 valence electrons. The molecular formula is C72H131N13O13S. The van der Waals surface area contributed by atoms with E-state index in [4.69, 9.17) is 0 Å². The van der Waals surface area contributed by atoms with Gasteiger partial charge in [-0.05, 0) is 127 Å². The minimum absolute atomic E-state index is 0.0223. The maximum absolute atomic E-state index is 15.5. The van der Waals surface area contributed by atoms with Crippen molar-refractivity contribution < 1.29 is 63.0 Å². The van der Waals surface area contributed by atoms with E-state index in [-0.39, 0.29) is 62.0 Å². The predicted molar refractivity (Wildman–Crippen MR) is 389 cm³/mol. The second-order valence-electron chi connectivity index (χ2n) is 30.4. The largest absolute Gasteiger partial charge is 0.390 e. The van der Waals surface area contributed by atoms with Crippen molar-refractivity contribution >= 4 is 76.7 Å². The molecule has 26 nitrogen and oxygen atoms in total. The van der Waals surface area contributed by atoms with Crippen LogP contribution in [0.25, 0.3) is 0 Å². The Morgan fingerprint density at radius 2 is 0.949 bits per heavy atom. The number of allylic oxidation sites excluding steroid dienone is 2. The quantitative estimate of drug-likeness (QED) is 0.0668. The summed E-state index contributed by atoms with van der Waals surface area (Å²) in [4.78, 5) is 178. The fraction of sp³-hybridized carbons (Fsp3) is 0.819. The first kappa shape index (κ1) is 89.2. The molecular weight excluding hydrogens is 1290 g/mol. The van der Waals surface area contributed by atoms with Gasteiger partial charge in [0.15, 0.2) is 0 Å². The molecule has 0 aliphatic carbocycles. The van der Waals surface area contributed by atoms with Crippen LogP contribution in [-0.2, 0) is 52.7 Å². The molecule has 0 unspecified atom stereocenters. The van der Waals surface area contributed by atoms with E-state index in [1.165, 1.54) is 113 Å².